The molecule has 0 radical (unpaired) electrons. The fourth-order valence-corrected chi connectivity index (χ4v) is 36.8. The monoisotopic (exact) mass is 1980 g/mol. The second-order valence-electron chi connectivity index (χ2n) is 39.4. The molecule has 0 atom stereocenters. The standard InChI is InChI=1S/2C10H24OSi.2C9H22OSi.3C8H20OSi.2C7H18OSi.2C6H16OSi.C5H14OSi.C4H12OSi/c1-5-6-7-8-9-10-12(3,4)11-2;1-5-8-12(11-4,9-6-2)10-7-3;1-5-6-7-8-9-11(3,4)10-2;1-5-8-11(7-3,10-4)9-6-2;1-5-6-7-8-10(3,4)9-2;1-5-7-10(4,9-3)8-6-2;1-5-8-10(6-2,7-3)9-4;1-5-6-7-9(3,4)8-2;1-5-9(6-2,7-3)8-4;1-5-6-8(3,4)7-2;1-5-8(4,6-2)7-3;1-5-7(3,4)6-2;1-5-6(2,3)4/h2*5-10H2,1-4H3;2*5-9H2,1-4H3;3*5-8H2,1-4H3;2*5-7H2,1-4H3;2*5-6H2,1-4H3;5H2,1-4H3;1-4H3. The highest BCUT2D eigenvalue weighted by atomic mass is 28.4. The topological polar surface area (TPSA) is 120 Å². The molecule has 0 aromatic carbocycles. The summed E-state index contributed by atoms with van der Waals surface area (Å²) in [6.07, 6.45) is 30.5. The van der Waals surface area contributed by atoms with Crippen LogP contribution in [0.1, 0.15) is 300 Å². The molecule has 0 unspecified atom stereocenters. The lowest BCUT2D eigenvalue weighted by atomic mass is 10.2. The fourth-order valence-electron chi connectivity index (χ4n) is 13.1. The van der Waals surface area contributed by atoms with Crippen LogP contribution >= 0.6 is 0 Å². The van der Waals surface area contributed by atoms with Crippen molar-refractivity contribution in [2.45, 2.75) is 544 Å². The quantitative estimate of drug-likeness (QED) is 0.0425. The van der Waals surface area contributed by atoms with E-state index in [1.165, 1.54) is 281 Å². The van der Waals surface area contributed by atoms with Crippen LogP contribution in [0, 0.1) is 0 Å². The van der Waals surface area contributed by atoms with E-state index in [0.717, 1.165) is 0 Å². The summed E-state index contributed by atoms with van der Waals surface area (Å²) in [5.41, 5.74) is 0. The lowest BCUT2D eigenvalue weighted by molar-refractivity contribution is 0.386. The molecule has 0 aliphatic rings. The minimum absolute atomic E-state index is 1.13. The van der Waals surface area contributed by atoms with Gasteiger partial charge in [0.05, 0.1) is 0 Å². The molecule has 0 bridgehead atoms. The van der Waals surface area contributed by atoms with Gasteiger partial charge in [-0.25, -0.2) is 0 Å². The Kier molecular flexibility index (Phi) is 123. The zero-order chi connectivity index (χ0) is 99.5. The Morgan fingerprint density at radius 2 is 0.333 bits per heavy atom. The Morgan fingerprint density at radius 1 is 0.130 bits per heavy atom. The Bertz CT molecular complexity index is 1910. The molecule has 0 aliphatic carbocycles. The summed E-state index contributed by atoms with van der Waals surface area (Å²) in [5, 5.41) is 0. The number of rotatable bonds is 58. The summed E-state index contributed by atoms with van der Waals surface area (Å²) < 4.78 is 70.9. The van der Waals surface area contributed by atoms with Gasteiger partial charge in [0.2, 0.25) is 0 Å². The first-order valence-corrected chi connectivity index (χ1v) is 89.2. The highest BCUT2D eigenvalue weighted by Gasteiger charge is 2.33. The summed E-state index contributed by atoms with van der Waals surface area (Å²) in [7, 11) is 8.41. The molecule has 0 saturated carbocycles. The van der Waals surface area contributed by atoms with E-state index in [1.54, 1.807) is 14.2 Å². The van der Waals surface area contributed by atoms with Crippen LogP contribution in [0.3, 0.4) is 0 Å². The first-order chi connectivity index (χ1) is 57.1. The van der Waals surface area contributed by atoms with Gasteiger partial charge in [-0.2, -0.15) is 0 Å². The fraction of sp³-hybridized carbons (Fsp3) is 1.00. The predicted molar refractivity (Wildman–Crippen MR) is 602 cm³/mol. The third-order valence-electron chi connectivity index (χ3n) is 25.5. The Morgan fingerprint density at radius 3 is 0.488 bits per heavy atom. The minimum atomic E-state index is -1.27. The van der Waals surface area contributed by atoms with Crippen LogP contribution in [0.5, 0.6) is 0 Å². The van der Waals surface area contributed by atoms with Crippen molar-refractivity contribution in [1.29, 1.82) is 0 Å². The van der Waals surface area contributed by atoms with Crippen LogP contribution < -0.4 is 0 Å². The highest BCUT2D eigenvalue weighted by Crippen LogP contribution is 2.29. The van der Waals surface area contributed by atoms with E-state index in [0.29, 0.717) is 0 Å². The maximum absolute atomic E-state index is 5.80. The molecule has 764 valence electrons. The zero-order valence-electron chi connectivity index (χ0n) is 95.6. The van der Waals surface area contributed by atoms with E-state index in [4.69, 9.17) is 57.5 Å². The Hall–Kier alpha value is 2.30. The minimum Gasteiger partial charge on any atom is -0.421 e. The molecule has 26 heteroatoms. The Balaban J connectivity index is -0.0000000972. The van der Waals surface area contributed by atoms with Crippen molar-refractivity contribution in [1.82, 2.24) is 0 Å². The number of hydrogen-bond donors (Lipinski definition) is 0. The van der Waals surface area contributed by atoms with Crippen molar-refractivity contribution in [3.8, 4) is 0 Å². The van der Waals surface area contributed by atoms with Gasteiger partial charge in [0.25, 0.3) is 0 Å². The van der Waals surface area contributed by atoms with Gasteiger partial charge < -0.3 is 57.5 Å². The molecule has 0 aliphatic heterocycles. The van der Waals surface area contributed by atoms with Crippen molar-refractivity contribution >= 4 is 108 Å². The van der Waals surface area contributed by atoms with Crippen LogP contribution in [0.25, 0.3) is 0 Å². The normalized spacial score (nSPS) is 12.0. The molecule has 0 N–H and O–H groups in total. The molecule has 0 fully saturated rings. The highest BCUT2D eigenvalue weighted by molar-refractivity contribution is 6.76. The average molecular weight is 1990 g/mol. The van der Waals surface area contributed by atoms with Crippen LogP contribution in [-0.2, 0) is 57.5 Å². The van der Waals surface area contributed by atoms with Crippen molar-refractivity contribution in [3.63, 3.8) is 0 Å². The molecule has 0 aromatic heterocycles. The first kappa shape index (κ1) is 154. The lowest BCUT2D eigenvalue weighted by Gasteiger charge is -2.28. The smallest absolute Gasteiger partial charge is 0.192 e. The third-order valence-corrected chi connectivity index (χ3v) is 70.8. The SMILES string of the molecule is CCCCCCC[Si](C)(C)OC.CCCCCC[Si](C)(C)OC.CCCCC[Si](C)(C)OC.CCCC[Si](C)(C)OC.CCC[Si](C)(C)OC.CCC[Si](C)(CCC)OC.CCC[Si](CC)(CC)OC.CCC[Si](CC)(CCC)OC.CCC[Si](CCC)(CCC)OC.CC[Si](C)(C)OC.CC[Si](C)(CC)OC.CC[Si](CC)(CC)OC.CO[Si](C)(C)C. The molecule has 0 heterocycles. The molecule has 0 aromatic rings. The summed E-state index contributed by atoms with van der Waals surface area (Å²) in [5.74, 6) is 0. The van der Waals surface area contributed by atoms with E-state index in [1.807, 2.05) is 78.2 Å². The molecule has 0 saturated heterocycles. The van der Waals surface area contributed by atoms with Gasteiger partial charge in [-0.3, -0.25) is 0 Å². The van der Waals surface area contributed by atoms with Gasteiger partial charge in [-0.15, -0.1) is 0 Å². The van der Waals surface area contributed by atoms with Gasteiger partial charge >= 0.3 is 0 Å². The molecule has 0 spiro atoms. The maximum atomic E-state index is 5.80. The number of unbranched alkanes of at least 4 members (excludes halogenated alkanes) is 10. The average Bonchev–Trinajstić information content (AvgIpc) is 0.891. The lowest BCUT2D eigenvalue weighted by Crippen LogP contribution is -2.36. The van der Waals surface area contributed by atoms with E-state index < -0.39 is 108 Å². The molecule has 0 amide bonds. The number of hydrogen-bond acceptors (Lipinski definition) is 13. The largest absolute Gasteiger partial charge is 0.421 e. The summed E-state index contributed by atoms with van der Waals surface area (Å²) >= 11 is 0. The van der Waals surface area contributed by atoms with Crippen LogP contribution in [-0.4, -0.2) is 201 Å². The van der Waals surface area contributed by atoms with Crippen LogP contribution in [0.15, 0.2) is 0 Å². The predicted octanol–water partition coefficient (Wildman–Crippen LogP) is 36.6. The molecule has 13 nitrogen and oxygen atoms in total. The molecular weight excluding hydrogens is 1740 g/mol. The van der Waals surface area contributed by atoms with E-state index in [-0.39, 0.29) is 0 Å². The summed E-state index contributed by atoms with van der Waals surface area (Å²) in [4.78, 5) is 0. The van der Waals surface area contributed by atoms with Crippen molar-refractivity contribution in [3.05, 3.63) is 0 Å². The van der Waals surface area contributed by atoms with E-state index in [2.05, 4.69) is 264 Å². The van der Waals surface area contributed by atoms with Gasteiger partial charge in [0.1, 0.15) is 0 Å². The molecule has 0 rings (SSSR count). The zero-order valence-corrected chi connectivity index (χ0v) is 109. The Labute approximate surface area is 796 Å². The molecular formula is C97H246O13Si13. The summed E-state index contributed by atoms with van der Waals surface area (Å²) in [6.45, 7) is 87.6. The third kappa shape index (κ3) is 110. The van der Waals surface area contributed by atoms with Crippen LogP contribution in [0.4, 0.5) is 0 Å². The molecule has 123 heavy (non-hydrogen) atoms. The second kappa shape index (κ2) is 98.8. The van der Waals surface area contributed by atoms with E-state index >= 15 is 0 Å². The maximum Gasteiger partial charge on any atom is 0.192 e. The first-order valence-electron chi connectivity index (χ1n) is 51.3. The van der Waals surface area contributed by atoms with Gasteiger partial charge in [-0.1, -0.05) is 300 Å². The summed E-state index contributed by atoms with van der Waals surface area (Å²) in [6, 6.07) is 28.5. The van der Waals surface area contributed by atoms with Crippen LogP contribution in [0.2, 0.25) is 244 Å². The van der Waals surface area contributed by atoms with Crippen molar-refractivity contribution in [2.24, 2.45) is 0 Å². The van der Waals surface area contributed by atoms with Crippen molar-refractivity contribution in [2.75, 3.05) is 92.4 Å². The second-order valence-corrected chi connectivity index (χ2v) is 98.2. The van der Waals surface area contributed by atoms with Gasteiger partial charge in [0, 0.05) is 92.4 Å². The van der Waals surface area contributed by atoms with E-state index in [9.17, 15) is 0 Å². The van der Waals surface area contributed by atoms with Gasteiger partial charge in [0.15, 0.2) is 108 Å². The van der Waals surface area contributed by atoms with Crippen molar-refractivity contribution < 1.29 is 57.5 Å². The van der Waals surface area contributed by atoms with Gasteiger partial charge in [-0.05, 0) is 244 Å².